The Morgan fingerprint density at radius 1 is 1.02 bits per heavy atom. The van der Waals surface area contributed by atoms with Crippen molar-refractivity contribution in [2.24, 2.45) is 0 Å². The van der Waals surface area contributed by atoms with Crippen LogP contribution in [0.4, 0.5) is 32.2 Å². The maximum Gasteiger partial charge on any atom is 0.417 e. The van der Waals surface area contributed by atoms with E-state index in [4.69, 9.17) is 0 Å². The lowest BCUT2D eigenvalue weighted by Crippen LogP contribution is -2.58. The molecule has 7 nitrogen and oxygen atoms in total. The molecule has 4 aromatic rings. The van der Waals surface area contributed by atoms with E-state index in [1.54, 1.807) is 23.6 Å². The number of halogens is 6. The van der Waals surface area contributed by atoms with Crippen LogP contribution in [0.3, 0.4) is 0 Å². The van der Waals surface area contributed by atoms with Gasteiger partial charge in [-0.1, -0.05) is 6.58 Å². The monoisotopic (exact) mass is 659 g/mol. The molecule has 1 amide bonds. The second-order valence-corrected chi connectivity index (χ2v) is 12.5. The average molecular weight is 660 g/mol. The number of hydrogen-bond acceptors (Lipinski definition) is 6. The van der Waals surface area contributed by atoms with Gasteiger partial charge in [-0.3, -0.25) is 14.3 Å². The summed E-state index contributed by atoms with van der Waals surface area (Å²) in [6.07, 6.45) is -2.55. The molecule has 2 aliphatic rings. The Bertz CT molecular complexity index is 1940. The molecule has 3 atom stereocenters. The number of alkyl halides is 3. The number of nitrogens with zero attached hydrogens (tertiary/aromatic N) is 5. The zero-order valence-electron chi connectivity index (χ0n) is 24.6. The largest absolute Gasteiger partial charge is 0.417 e. The van der Waals surface area contributed by atoms with Crippen LogP contribution in [0, 0.1) is 17.5 Å². The van der Waals surface area contributed by atoms with Gasteiger partial charge in [0.25, 0.3) is 0 Å². The fraction of sp³-hybridized carbons (Fsp3) is 0.312. The van der Waals surface area contributed by atoms with Gasteiger partial charge in [0, 0.05) is 82.8 Å². The molecule has 1 saturated heterocycles. The first-order valence-corrected chi connectivity index (χ1v) is 15.3. The molecule has 46 heavy (non-hydrogen) atoms. The molecule has 0 bridgehead atoms. The minimum absolute atomic E-state index is 0.00329. The van der Waals surface area contributed by atoms with Gasteiger partial charge < -0.3 is 9.80 Å². The predicted octanol–water partition coefficient (Wildman–Crippen LogP) is 6.40. The van der Waals surface area contributed by atoms with Crippen LogP contribution >= 0.6 is 11.8 Å². The highest BCUT2D eigenvalue weighted by molar-refractivity contribution is 7.99. The quantitative estimate of drug-likeness (QED) is 0.187. The van der Waals surface area contributed by atoms with Crippen LogP contribution < -0.4 is 10.6 Å². The zero-order chi connectivity index (χ0) is 33.1. The minimum Gasteiger partial charge on any atom is -0.352 e. The number of anilines is 1. The molecular weight excluding hydrogens is 632 g/mol. The standard InChI is InChI=1S/C32H27F6N5O2S/c1-4-26(44)43-16(2)12-41(13-17(43)3)30-22-11-23(32(36,37)38)27(21-6-5-19(33)9-24(21)35)29-28(22)42(31(45)40-30)14-18(15-46-29)25-10-20(34)7-8-39-25/h4-11,16-18H,1,12-15H2,2-3H3/t16-,17?,18+/m1/s1. The summed E-state index contributed by atoms with van der Waals surface area (Å²) in [5, 5.41) is -0.00329. The summed E-state index contributed by atoms with van der Waals surface area (Å²) in [7, 11) is 0. The number of rotatable bonds is 4. The second kappa shape index (κ2) is 11.8. The van der Waals surface area contributed by atoms with Gasteiger partial charge in [-0.25, -0.2) is 18.0 Å². The summed E-state index contributed by atoms with van der Waals surface area (Å²) >= 11 is 0.955. The molecule has 0 N–H and O–H groups in total. The fourth-order valence-electron chi connectivity index (χ4n) is 6.44. The van der Waals surface area contributed by atoms with Gasteiger partial charge in [0.05, 0.1) is 11.1 Å². The number of piperazine rings is 1. The third kappa shape index (κ3) is 5.52. The molecule has 2 aliphatic heterocycles. The average Bonchev–Trinajstić information content (AvgIpc) is 3.19. The van der Waals surface area contributed by atoms with Crippen LogP contribution in [0.5, 0.6) is 0 Å². The topological polar surface area (TPSA) is 71.3 Å². The Morgan fingerprint density at radius 3 is 2.35 bits per heavy atom. The lowest BCUT2D eigenvalue weighted by atomic mass is 9.95. The maximum atomic E-state index is 15.3. The van der Waals surface area contributed by atoms with Crippen LogP contribution in [0.15, 0.2) is 64.9 Å². The van der Waals surface area contributed by atoms with Crippen LogP contribution in [-0.2, 0) is 17.5 Å². The highest BCUT2D eigenvalue weighted by atomic mass is 32.2. The van der Waals surface area contributed by atoms with Gasteiger partial charge in [0.1, 0.15) is 23.3 Å². The number of hydrogen-bond donors (Lipinski definition) is 0. The van der Waals surface area contributed by atoms with Crippen molar-refractivity contribution < 1.29 is 31.1 Å². The van der Waals surface area contributed by atoms with Crippen LogP contribution in [0.2, 0.25) is 0 Å². The minimum atomic E-state index is -4.99. The molecule has 0 spiro atoms. The van der Waals surface area contributed by atoms with E-state index in [1.807, 2.05) is 0 Å². The fourth-order valence-corrected chi connectivity index (χ4v) is 7.81. The number of thioether (sulfide) groups is 1. The highest BCUT2D eigenvalue weighted by Crippen LogP contribution is 2.50. The van der Waals surface area contributed by atoms with Crippen molar-refractivity contribution in [2.45, 2.75) is 49.5 Å². The number of carbonyl (C=O) groups is 1. The number of pyridine rings is 1. The summed E-state index contributed by atoms with van der Waals surface area (Å²) in [6.45, 7) is 7.31. The SMILES string of the molecule is C=CC(=O)N1C(C)CN(c2nc(=O)n3c4c(c(-c5ccc(F)cc5F)c(C(F)(F)F)cc24)SC[C@@H](c2cc(F)ccn2)C3)C[C@H]1C. The lowest BCUT2D eigenvalue weighted by Gasteiger charge is -2.44. The van der Waals surface area contributed by atoms with Crippen molar-refractivity contribution >= 4 is 34.4 Å². The van der Waals surface area contributed by atoms with Crippen molar-refractivity contribution in [2.75, 3.05) is 23.7 Å². The van der Waals surface area contributed by atoms with Crippen molar-refractivity contribution in [1.29, 1.82) is 0 Å². The van der Waals surface area contributed by atoms with Gasteiger partial charge in [0.15, 0.2) is 0 Å². The first-order valence-electron chi connectivity index (χ1n) is 14.4. The number of benzene rings is 2. The maximum absolute atomic E-state index is 15.3. The third-order valence-corrected chi connectivity index (χ3v) is 9.60. The van der Waals surface area contributed by atoms with Gasteiger partial charge in [-0.15, -0.1) is 11.8 Å². The van der Waals surface area contributed by atoms with E-state index in [0.717, 1.165) is 36.0 Å². The van der Waals surface area contributed by atoms with E-state index in [-0.39, 0.29) is 58.6 Å². The first kappa shape index (κ1) is 31.6. The molecule has 14 heteroatoms. The number of aromatic nitrogens is 3. The van der Waals surface area contributed by atoms with Gasteiger partial charge in [-0.05, 0) is 50.3 Å². The highest BCUT2D eigenvalue weighted by Gasteiger charge is 2.40. The second-order valence-electron chi connectivity index (χ2n) is 11.4. The molecule has 0 radical (unpaired) electrons. The van der Waals surface area contributed by atoms with E-state index in [9.17, 15) is 31.5 Å². The zero-order valence-corrected chi connectivity index (χ0v) is 25.4. The van der Waals surface area contributed by atoms with Crippen LogP contribution in [0.25, 0.3) is 22.0 Å². The Morgan fingerprint density at radius 2 is 1.72 bits per heavy atom. The van der Waals surface area contributed by atoms with E-state index in [1.165, 1.54) is 22.9 Å². The van der Waals surface area contributed by atoms with Crippen LogP contribution in [-0.4, -0.2) is 56.3 Å². The van der Waals surface area contributed by atoms with Gasteiger partial charge in [0.2, 0.25) is 5.91 Å². The van der Waals surface area contributed by atoms with E-state index in [0.29, 0.717) is 6.07 Å². The Labute approximate surface area is 263 Å². The molecule has 1 fully saturated rings. The van der Waals surface area contributed by atoms with E-state index in [2.05, 4.69) is 16.5 Å². The first-order chi connectivity index (χ1) is 21.8. The van der Waals surface area contributed by atoms with Gasteiger partial charge >= 0.3 is 11.9 Å². The van der Waals surface area contributed by atoms with Gasteiger partial charge in [-0.2, -0.15) is 18.2 Å². The lowest BCUT2D eigenvalue weighted by molar-refractivity contribution is -0.137. The van der Waals surface area contributed by atoms with Crippen molar-refractivity contribution in [3.8, 4) is 11.1 Å². The summed E-state index contributed by atoms with van der Waals surface area (Å²) in [5.74, 6) is -3.63. The molecule has 1 unspecified atom stereocenters. The molecule has 240 valence electrons. The van der Waals surface area contributed by atoms with E-state index < -0.39 is 64.0 Å². The summed E-state index contributed by atoms with van der Waals surface area (Å²) in [4.78, 5) is 38.1. The molecule has 2 aromatic carbocycles. The van der Waals surface area contributed by atoms with Crippen molar-refractivity contribution in [3.63, 3.8) is 0 Å². The van der Waals surface area contributed by atoms with Crippen LogP contribution in [0.1, 0.15) is 31.0 Å². The number of amides is 1. The third-order valence-electron chi connectivity index (χ3n) is 8.35. The summed E-state index contributed by atoms with van der Waals surface area (Å²) in [6, 6.07) is 4.70. The molecule has 0 saturated carbocycles. The normalized spacial score (nSPS) is 20.1. The number of carbonyl (C=O) groups excluding carboxylic acids is 1. The Balaban J connectivity index is 1.65. The molecule has 0 aliphatic carbocycles. The molecule has 6 rings (SSSR count). The smallest absolute Gasteiger partial charge is 0.352 e. The summed E-state index contributed by atoms with van der Waals surface area (Å²) in [5.41, 5.74) is -2.62. The summed E-state index contributed by atoms with van der Waals surface area (Å²) < 4.78 is 89.5. The van der Waals surface area contributed by atoms with Crippen molar-refractivity contribution in [1.82, 2.24) is 19.4 Å². The van der Waals surface area contributed by atoms with E-state index >= 15 is 4.39 Å². The molecular formula is C32H27F6N5O2S. The Hall–Kier alpha value is -4.33. The molecule has 2 aromatic heterocycles. The molecule has 4 heterocycles. The van der Waals surface area contributed by atoms with Crippen molar-refractivity contribution in [3.05, 3.63) is 94.4 Å². The Kier molecular flexibility index (Phi) is 8.11. The predicted molar refractivity (Wildman–Crippen MR) is 162 cm³/mol.